The number of halogens is 6. The molecule has 0 saturated heterocycles. The first-order chi connectivity index (χ1) is 16.3. The topological polar surface area (TPSA) is 74.8 Å². The van der Waals surface area contributed by atoms with Gasteiger partial charge >= 0.3 is 12.4 Å². The number of carbonyl (C=O) groups is 4. The molecule has 4 amide bonds. The number of carbonyl (C=O) groups excluding carboxylic acids is 4. The lowest BCUT2D eigenvalue weighted by molar-refractivity contribution is -0.138. The van der Waals surface area contributed by atoms with Crippen LogP contribution in [0.4, 0.5) is 37.7 Å². The highest BCUT2D eigenvalue weighted by Crippen LogP contribution is 2.40. The Hall–Kier alpha value is -4.22. The third-order valence-corrected chi connectivity index (χ3v) is 5.24. The number of hydrogen-bond donors (Lipinski definition) is 0. The Morgan fingerprint density at radius 1 is 0.543 bits per heavy atom. The maximum Gasteiger partial charge on any atom is 0.418 e. The summed E-state index contributed by atoms with van der Waals surface area (Å²) in [6.45, 7) is 0. The maximum absolute atomic E-state index is 13.7. The zero-order valence-corrected chi connectivity index (χ0v) is 17.3. The second kappa shape index (κ2) is 8.22. The Bertz CT molecular complexity index is 1200. The zero-order valence-electron chi connectivity index (χ0n) is 17.3. The first-order valence-corrected chi connectivity index (χ1v) is 9.80. The lowest BCUT2D eigenvalue weighted by atomic mass is 9.98. The molecule has 0 unspecified atom stereocenters. The summed E-state index contributed by atoms with van der Waals surface area (Å²) in [6.07, 6.45) is -7.04. The van der Waals surface area contributed by atoms with Crippen LogP contribution in [0.3, 0.4) is 0 Å². The molecule has 2 aliphatic heterocycles. The van der Waals surface area contributed by atoms with Gasteiger partial charge in [0.15, 0.2) is 0 Å². The number of amides is 4. The van der Waals surface area contributed by atoms with Crippen molar-refractivity contribution in [1.29, 1.82) is 0 Å². The summed E-state index contributed by atoms with van der Waals surface area (Å²) in [5.41, 5.74) is -4.13. The van der Waals surface area contributed by atoms with Gasteiger partial charge in [-0.15, -0.1) is 0 Å². The predicted octanol–water partition coefficient (Wildman–Crippen LogP) is 4.17. The Kier molecular flexibility index (Phi) is 5.62. The summed E-state index contributed by atoms with van der Waals surface area (Å²) in [7, 11) is 0. The van der Waals surface area contributed by atoms with Crippen molar-refractivity contribution in [3.05, 3.63) is 83.0 Å². The van der Waals surface area contributed by atoms with E-state index in [0.717, 1.165) is 48.6 Å². The summed E-state index contributed by atoms with van der Waals surface area (Å²) in [4.78, 5) is 48.1. The van der Waals surface area contributed by atoms with Crippen LogP contribution in [0.15, 0.2) is 60.7 Å². The molecule has 0 radical (unpaired) electrons. The van der Waals surface area contributed by atoms with E-state index in [1.807, 2.05) is 0 Å². The van der Waals surface area contributed by atoms with Crippen molar-refractivity contribution in [2.75, 3.05) is 9.80 Å². The lowest BCUT2D eigenvalue weighted by Gasteiger charge is -2.22. The van der Waals surface area contributed by atoms with Gasteiger partial charge in [-0.1, -0.05) is 12.1 Å². The minimum Gasteiger partial charge on any atom is -0.269 e. The third-order valence-electron chi connectivity index (χ3n) is 5.24. The molecule has 0 spiro atoms. The summed E-state index contributed by atoms with van der Waals surface area (Å²) in [6, 6.07) is 5.39. The lowest BCUT2D eigenvalue weighted by Crippen LogP contribution is -2.32. The largest absolute Gasteiger partial charge is 0.418 e. The molecule has 35 heavy (non-hydrogen) atoms. The van der Waals surface area contributed by atoms with Gasteiger partial charge in [-0.2, -0.15) is 26.3 Å². The Balaban J connectivity index is 1.72. The molecular weight excluding hydrogens is 482 g/mol. The van der Waals surface area contributed by atoms with Crippen LogP contribution in [0.25, 0.3) is 0 Å². The normalized spacial score (nSPS) is 16.3. The van der Waals surface area contributed by atoms with E-state index in [0.29, 0.717) is 21.9 Å². The van der Waals surface area contributed by atoms with E-state index in [4.69, 9.17) is 0 Å². The van der Waals surface area contributed by atoms with Gasteiger partial charge in [0.25, 0.3) is 23.6 Å². The molecule has 2 aromatic rings. The zero-order chi connectivity index (χ0) is 25.7. The van der Waals surface area contributed by atoms with E-state index in [9.17, 15) is 45.5 Å². The fraction of sp³-hybridized carbons (Fsp3) is 0.130. The Morgan fingerprint density at radius 2 is 0.857 bits per heavy atom. The van der Waals surface area contributed by atoms with Crippen LogP contribution >= 0.6 is 0 Å². The van der Waals surface area contributed by atoms with E-state index in [2.05, 4.69) is 0 Å². The van der Waals surface area contributed by atoms with E-state index < -0.39 is 58.5 Å². The van der Waals surface area contributed by atoms with Gasteiger partial charge in [0.2, 0.25) is 0 Å². The second-order valence-electron chi connectivity index (χ2n) is 7.57. The van der Waals surface area contributed by atoms with Gasteiger partial charge < -0.3 is 0 Å². The molecule has 180 valence electrons. The number of rotatable bonds is 4. The third kappa shape index (κ3) is 4.46. The monoisotopic (exact) mass is 494 g/mol. The van der Waals surface area contributed by atoms with Crippen LogP contribution < -0.4 is 9.80 Å². The number of alkyl halides is 6. The average molecular weight is 494 g/mol. The minimum absolute atomic E-state index is 0.0519. The maximum atomic E-state index is 13.7. The van der Waals surface area contributed by atoms with Crippen molar-refractivity contribution in [3.63, 3.8) is 0 Å². The molecule has 2 heterocycles. The summed E-state index contributed by atoms with van der Waals surface area (Å²) >= 11 is 0. The average Bonchev–Trinajstić information content (AvgIpc) is 3.27. The Morgan fingerprint density at radius 3 is 1.14 bits per heavy atom. The molecular formula is C23H12F6N2O4. The molecule has 2 aliphatic rings. The van der Waals surface area contributed by atoms with Gasteiger partial charge in [0.05, 0.1) is 22.5 Å². The predicted molar refractivity (Wildman–Crippen MR) is 109 cm³/mol. The number of nitrogens with zero attached hydrogens (tertiary/aromatic N) is 2. The number of hydrogen-bond acceptors (Lipinski definition) is 4. The van der Waals surface area contributed by atoms with Crippen LogP contribution in [-0.2, 0) is 38.0 Å². The molecule has 2 aromatic carbocycles. The van der Waals surface area contributed by atoms with Crippen LogP contribution in [-0.4, -0.2) is 23.6 Å². The van der Waals surface area contributed by atoms with Crippen molar-refractivity contribution < 1.29 is 45.5 Å². The second-order valence-corrected chi connectivity index (χ2v) is 7.57. The highest BCUT2D eigenvalue weighted by molar-refractivity contribution is 6.29. The van der Waals surface area contributed by atoms with Crippen molar-refractivity contribution >= 4 is 35.0 Å². The summed E-state index contributed by atoms with van der Waals surface area (Å²) < 4.78 is 82.2. The standard InChI is InChI=1S/C23H12F6N2O4/c24-22(25,26)14-10-12(1-3-16(14)30-18(32)5-6-19(30)33)9-13-2-4-17(15(11-13)23(27,28)29)31-20(34)7-8-21(31)35/h1-8,10-11H,9H2. The van der Waals surface area contributed by atoms with E-state index >= 15 is 0 Å². The molecule has 0 atom stereocenters. The Labute approximate surface area is 192 Å². The molecule has 0 fully saturated rings. The fourth-order valence-corrected chi connectivity index (χ4v) is 3.74. The molecule has 4 rings (SSSR count). The first kappa shape index (κ1) is 23.9. The van der Waals surface area contributed by atoms with Crippen LogP contribution in [0.1, 0.15) is 22.3 Å². The molecule has 0 saturated carbocycles. The van der Waals surface area contributed by atoms with Gasteiger partial charge in [-0.3, -0.25) is 19.2 Å². The summed E-state index contributed by atoms with van der Waals surface area (Å²) in [5.74, 6) is -3.84. The van der Waals surface area contributed by atoms with E-state index in [1.54, 1.807) is 0 Å². The first-order valence-electron chi connectivity index (χ1n) is 9.80. The SMILES string of the molecule is O=C1C=CC(=O)N1c1ccc(Cc2ccc(N3C(=O)C=CC3=O)c(C(F)(F)F)c2)cc1C(F)(F)F. The van der Waals surface area contributed by atoms with E-state index in [1.165, 1.54) is 0 Å². The van der Waals surface area contributed by atoms with Gasteiger partial charge in [0, 0.05) is 24.3 Å². The van der Waals surface area contributed by atoms with Crippen molar-refractivity contribution in [2.45, 2.75) is 18.8 Å². The molecule has 0 bridgehead atoms. The number of benzene rings is 2. The quantitative estimate of drug-likeness (QED) is 0.473. The molecule has 0 N–H and O–H groups in total. The van der Waals surface area contributed by atoms with Crippen LogP contribution in [0, 0.1) is 0 Å². The molecule has 6 nitrogen and oxygen atoms in total. The van der Waals surface area contributed by atoms with Gasteiger partial charge in [-0.25, -0.2) is 9.80 Å². The fourth-order valence-electron chi connectivity index (χ4n) is 3.74. The number of imide groups is 2. The van der Waals surface area contributed by atoms with Crippen molar-refractivity contribution in [3.8, 4) is 0 Å². The van der Waals surface area contributed by atoms with E-state index in [-0.39, 0.29) is 17.5 Å². The van der Waals surface area contributed by atoms with Gasteiger partial charge in [0.1, 0.15) is 0 Å². The van der Waals surface area contributed by atoms with Crippen molar-refractivity contribution in [2.24, 2.45) is 0 Å². The van der Waals surface area contributed by atoms with Crippen molar-refractivity contribution in [1.82, 2.24) is 0 Å². The summed E-state index contributed by atoms with van der Waals surface area (Å²) in [5, 5.41) is 0. The molecule has 12 heteroatoms. The van der Waals surface area contributed by atoms with Crippen LogP contribution in [0.5, 0.6) is 0 Å². The number of anilines is 2. The molecule has 0 aliphatic carbocycles. The van der Waals surface area contributed by atoms with Crippen LogP contribution in [0.2, 0.25) is 0 Å². The molecule has 0 aromatic heterocycles. The minimum atomic E-state index is -4.97. The smallest absolute Gasteiger partial charge is 0.269 e. The highest BCUT2D eigenvalue weighted by Gasteiger charge is 2.40. The highest BCUT2D eigenvalue weighted by atomic mass is 19.4. The van der Waals surface area contributed by atoms with Gasteiger partial charge in [-0.05, 0) is 41.8 Å².